The summed E-state index contributed by atoms with van der Waals surface area (Å²) in [5.74, 6) is 1.79. The highest BCUT2D eigenvalue weighted by Gasteiger charge is 2.22. The number of fused-ring (bicyclic) bond motifs is 9. The number of benzene rings is 9. The van der Waals surface area contributed by atoms with Crippen LogP contribution in [0.4, 0.5) is 0 Å². The molecule has 0 saturated carbocycles. The number of hydrogen-bond donors (Lipinski definition) is 0. The number of hydrogen-bond acceptors (Lipinski definition) is 4. The van der Waals surface area contributed by atoms with Gasteiger partial charge in [-0.3, -0.25) is 0 Å². The van der Waals surface area contributed by atoms with Crippen molar-refractivity contribution in [3.05, 3.63) is 212 Å². The second-order valence-corrected chi connectivity index (χ2v) is 16.0. The van der Waals surface area contributed by atoms with Crippen LogP contribution in [0, 0.1) is 0 Å². The third-order valence-electron chi connectivity index (χ3n) is 12.4. The van der Waals surface area contributed by atoms with E-state index in [0.29, 0.717) is 17.5 Å². The first-order valence-electron chi connectivity index (χ1n) is 21.2. The van der Waals surface area contributed by atoms with Crippen LogP contribution in [0.1, 0.15) is 0 Å². The van der Waals surface area contributed by atoms with Crippen LogP contribution in [0.15, 0.2) is 217 Å². The Morgan fingerprint density at radius 3 is 1.57 bits per heavy atom. The molecule has 294 valence electrons. The van der Waals surface area contributed by atoms with Crippen molar-refractivity contribution >= 4 is 65.6 Å². The Bertz CT molecular complexity index is 3850. The minimum Gasteiger partial charge on any atom is -0.455 e. The van der Waals surface area contributed by atoms with Gasteiger partial charge in [-0.2, -0.15) is 0 Å². The number of aromatic nitrogens is 5. The van der Waals surface area contributed by atoms with Gasteiger partial charge in [-0.05, 0) is 71.8 Å². The highest BCUT2D eigenvalue weighted by molar-refractivity contribution is 6.16. The van der Waals surface area contributed by atoms with Gasteiger partial charge in [0.05, 0.1) is 33.3 Å². The predicted molar refractivity (Wildman–Crippen MR) is 258 cm³/mol. The molecule has 0 spiro atoms. The van der Waals surface area contributed by atoms with Crippen LogP contribution in [0.5, 0.6) is 0 Å². The van der Waals surface area contributed by atoms with Crippen molar-refractivity contribution in [3.8, 4) is 56.7 Å². The summed E-state index contributed by atoms with van der Waals surface area (Å²) in [6.45, 7) is 0. The molecule has 9 aromatic carbocycles. The molecule has 4 heterocycles. The highest BCUT2D eigenvalue weighted by atomic mass is 16.3. The molecule has 0 aliphatic carbocycles. The topological polar surface area (TPSA) is 61.7 Å². The Labute approximate surface area is 361 Å². The molecule has 6 nitrogen and oxygen atoms in total. The zero-order chi connectivity index (χ0) is 41.4. The molecule has 0 saturated heterocycles. The van der Waals surface area contributed by atoms with Crippen molar-refractivity contribution in [2.45, 2.75) is 0 Å². The Kier molecular flexibility index (Phi) is 7.80. The Morgan fingerprint density at radius 2 is 0.857 bits per heavy atom. The van der Waals surface area contributed by atoms with Crippen LogP contribution in [0.2, 0.25) is 0 Å². The van der Waals surface area contributed by atoms with E-state index in [-0.39, 0.29) is 0 Å². The van der Waals surface area contributed by atoms with E-state index >= 15 is 0 Å². The van der Waals surface area contributed by atoms with Gasteiger partial charge in [0.25, 0.3) is 0 Å². The fraction of sp³-hybridized carbons (Fsp3) is 0. The third kappa shape index (κ3) is 5.55. The van der Waals surface area contributed by atoms with Crippen LogP contribution in [0.25, 0.3) is 122 Å². The average Bonchev–Trinajstić information content (AvgIpc) is 4.02. The summed E-state index contributed by atoms with van der Waals surface area (Å²) in [5.41, 5.74) is 13.4. The van der Waals surface area contributed by atoms with Crippen molar-refractivity contribution in [2.24, 2.45) is 0 Å². The minimum absolute atomic E-state index is 0.564. The largest absolute Gasteiger partial charge is 0.455 e. The van der Waals surface area contributed by atoms with E-state index in [9.17, 15) is 0 Å². The van der Waals surface area contributed by atoms with Gasteiger partial charge in [0.15, 0.2) is 17.5 Å². The summed E-state index contributed by atoms with van der Waals surface area (Å²) < 4.78 is 11.5. The molecular weight excluding hydrogens is 771 g/mol. The standard InChI is InChI=1S/C57H35N5O/c1-4-16-36(17-5-1)55-58-56(37-18-6-2-7-19-37)60-57(59-55)45-26-14-25-44-47-35-39(31-33-52(47)63-54(44)45)38-30-32-50-46(34-38)42-23-11-13-28-49(42)62(50)51-29-15-24-43-41-22-10-12-27-48(41)61(53(43)51)40-20-8-3-9-21-40/h1-35H. The van der Waals surface area contributed by atoms with Gasteiger partial charge in [0.2, 0.25) is 0 Å². The lowest BCUT2D eigenvalue weighted by atomic mass is 10.00. The van der Waals surface area contributed by atoms with Gasteiger partial charge >= 0.3 is 0 Å². The second kappa shape index (κ2) is 14.0. The monoisotopic (exact) mass is 805 g/mol. The summed E-state index contributed by atoms with van der Waals surface area (Å²) >= 11 is 0. The lowest BCUT2D eigenvalue weighted by Gasteiger charge is -2.14. The Balaban J connectivity index is 0.968. The lowest BCUT2D eigenvalue weighted by Crippen LogP contribution is -2.00. The fourth-order valence-corrected chi connectivity index (χ4v) is 9.52. The predicted octanol–water partition coefficient (Wildman–Crippen LogP) is 14.6. The molecule has 0 atom stereocenters. The zero-order valence-electron chi connectivity index (χ0n) is 33.9. The molecular formula is C57H35N5O. The molecule has 4 aromatic heterocycles. The number of rotatable bonds is 6. The smallest absolute Gasteiger partial charge is 0.167 e. The van der Waals surface area contributed by atoms with E-state index in [1.165, 1.54) is 32.6 Å². The molecule has 0 aliphatic rings. The quantitative estimate of drug-likeness (QED) is 0.168. The van der Waals surface area contributed by atoms with E-state index in [0.717, 1.165) is 72.2 Å². The third-order valence-corrected chi connectivity index (χ3v) is 12.4. The van der Waals surface area contributed by atoms with Crippen LogP contribution in [-0.4, -0.2) is 24.1 Å². The number of nitrogens with zero attached hydrogens (tertiary/aromatic N) is 5. The summed E-state index contributed by atoms with van der Waals surface area (Å²) in [6, 6.07) is 74.6. The molecule has 0 amide bonds. The van der Waals surface area contributed by atoms with Crippen LogP contribution >= 0.6 is 0 Å². The average molecular weight is 806 g/mol. The Morgan fingerprint density at radius 1 is 0.333 bits per heavy atom. The van der Waals surface area contributed by atoms with Crippen molar-refractivity contribution in [1.82, 2.24) is 24.1 Å². The first-order valence-corrected chi connectivity index (χ1v) is 21.2. The number of para-hydroxylation sites is 5. The highest BCUT2D eigenvalue weighted by Crippen LogP contribution is 2.42. The Hall–Kier alpha value is -8.61. The first kappa shape index (κ1) is 35.2. The molecule has 63 heavy (non-hydrogen) atoms. The van der Waals surface area contributed by atoms with E-state index in [4.69, 9.17) is 19.4 Å². The van der Waals surface area contributed by atoms with Gasteiger partial charge in [-0.1, -0.05) is 152 Å². The maximum absolute atomic E-state index is 6.69. The first-order chi connectivity index (χ1) is 31.2. The molecule has 0 radical (unpaired) electrons. The second-order valence-electron chi connectivity index (χ2n) is 16.0. The summed E-state index contributed by atoms with van der Waals surface area (Å²) in [5, 5.41) is 6.90. The van der Waals surface area contributed by atoms with E-state index in [2.05, 4.69) is 155 Å². The normalized spacial score (nSPS) is 11.8. The van der Waals surface area contributed by atoms with E-state index < -0.39 is 0 Å². The summed E-state index contributed by atoms with van der Waals surface area (Å²) in [4.78, 5) is 15.0. The maximum Gasteiger partial charge on any atom is 0.167 e. The van der Waals surface area contributed by atoms with Crippen molar-refractivity contribution in [1.29, 1.82) is 0 Å². The van der Waals surface area contributed by atoms with Gasteiger partial charge < -0.3 is 13.6 Å². The van der Waals surface area contributed by atoms with Gasteiger partial charge in [-0.25, -0.2) is 15.0 Å². The summed E-state index contributed by atoms with van der Waals surface area (Å²) in [7, 11) is 0. The summed E-state index contributed by atoms with van der Waals surface area (Å²) in [6.07, 6.45) is 0. The van der Waals surface area contributed by atoms with Gasteiger partial charge in [0, 0.05) is 49.1 Å². The zero-order valence-corrected chi connectivity index (χ0v) is 33.9. The van der Waals surface area contributed by atoms with Crippen LogP contribution in [0.3, 0.4) is 0 Å². The van der Waals surface area contributed by atoms with E-state index in [1.54, 1.807) is 0 Å². The van der Waals surface area contributed by atoms with Gasteiger partial charge in [-0.15, -0.1) is 0 Å². The molecule has 6 heteroatoms. The van der Waals surface area contributed by atoms with Crippen molar-refractivity contribution < 1.29 is 4.42 Å². The molecule has 0 unspecified atom stereocenters. The number of furan rings is 1. The van der Waals surface area contributed by atoms with Crippen molar-refractivity contribution in [2.75, 3.05) is 0 Å². The maximum atomic E-state index is 6.69. The molecule has 13 aromatic rings. The fourth-order valence-electron chi connectivity index (χ4n) is 9.52. The lowest BCUT2D eigenvalue weighted by molar-refractivity contribution is 0.669. The minimum atomic E-state index is 0.564. The van der Waals surface area contributed by atoms with Gasteiger partial charge in [0.1, 0.15) is 11.2 Å². The SMILES string of the molecule is c1ccc(-c2nc(-c3ccccc3)nc(-c3cccc4c3oc3ccc(-c5ccc6c(c5)c5ccccc5n6-c5cccc6c7ccccc7n(-c7ccccc7)c56)cc34)n2)cc1. The molecule has 0 aliphatic heterocycles. The molecule has 0 fully saturated rings. The molecule has 0 N–H and O–H groups in total. The molecule has 0 bridgehead atoms. The van der Waals surface area contributed by atoms with Crippen molar-refractivity contribution in [3.63, 3.8) is 0 Å². The van der Waals surface area contributed by atoms with Crippen LogP contribution < -0.4 is 0 Å². The van der Waals surface area contributed by atoms with Crippen LogP contribution in [-0.2, 0) is 0 Å². The van der Waals surface area contributed by atoms with E-state index in [1.807, 2.05) is 66.7 Å². The molecule has 13 rings (SSSR count).